The number of hydrogen-bond acceptors (Lipinski definition) is 2. The number of thioether (sulfide) groups is 1. The molecule has 2 atom stereocenters. The van der Waals surface area contributed by atoms with Crippen LogP contribution in [0.5, 0.6) is 0 Å². The molecule has 0 saturated carbocycles. The molecule has 0 aromatic heterocycles. The summed E-state index contributed by atoms with van der Waals surface area (Å²) < 4.78 is 0.0382. The number of hydrogen-bond donors (Lipinski definition) is 1. The smallest absolute Gasteiger partial charge is 0.148 e. The van der Waals surface area contributed by atoms with E-state index in [2.05, 4.69) is 13.0 Å². The van der Waals surface area contributed by atoms with Crippen LogP contribution in [0.2, 0.25) is 0 Å². The lowest BCUT2D eigenvalue weighted by molar-refractivity contribution is 0.195. The molecule has 11 heavy (non-hydrogen) atoms. The standard InChI is InChI=1S/C9H12OS/c1-2-5-8-6-3-4-7-9(8,10)11-8/h3-4,6-7,10H,2,5H2,1H3. The van der Waals surface area contributed by atoms with Gasteiger partial charge >= 0.3 is 0 Å². The molecule has 1 aliphatic heterocycles. The van der Waals surface area contributed by atoms with E-state index in [-0.39, 0.29) is 4.75 Å². The zero-order chi connectivity index (χ0) is 7.95. The van der Waals surface area contributed by atoms with Gasteiger partial charge in [0, 0.05) is 0 Å². The topological polar surface area (TPSA) is 20.2 Å². The van der Waals surface area contributed by atoms with E-state index in [1.165, 1.54) is 0 Å². The summed E-state index contributed by atoms with van der Waals surface area (Å²) in [5.41, 5.74) is 0. The Morgan fingerprint density at radius 2 is 2.09 bits per heavy atom. The Morgan fingerprint density at radius 3 is 2.73 bits per heavy atom. The highest BCUT2D eigenvalue weighted by atomic mass is 32.2. The molecule has 0 aromatic rings. The van der Waals surface area contributed by atoms with E-state index in [0.29, 0.717) is 0 Å². The summed E-state index contributed by atoms with van der Waals surface area (Å²) in [7, 11) is 0. The van der Waals surface area contributed by atoms with Gasteiger partial charge in [0.05, 0.1) is 4.75 Å². The third-order valence-corrected chi connectivity index (χ3v) is 3.95. The van der Waals surface area contributed by atoms with Crippen LogP contribution in [0.25, 0.3) is 0 Å². The monoisotopic (exact) mass is 168 g/mol. The Labute approximate surface area is 71.2 Å². The van der Waals surface area contributed by atoms with E-state index in [1.54, 1.807) is 11.8 Å². The predicted molar refractivity (Wildman–Crippen MR) is 48.5 cm³/mol. The molecule has 2 rings (SSSR count). The van der Waals surface area contributed by atoms with Crippen LogP contribution in [0.4, 0.5) is 0 Å². The highest BCUT2D eigenvalue weighted by Crippen LogP contribution is 2.67. The maximum atomic E-state index is 9.86. The Morgan fingerprint density at radius 1 is 1.36 bits per heavy atom. The van der Waals surface area contributed by atoms with Gasteiger partial charge in [-0.3, -0.25) is 0 Å². The molecule has 0 aromatic carbocycles. The molecule has 0 radical (unpaired) electrons. The first-order valence-corrected chi connectivity index (χ1v) is 4.84. The third kappa shape index (κ3) is 0.893. The molecule has 1 aliphatic carbocycles. The van der Waals surface area contributed by atoms with Crippen LogP contribution in [0, 0.1) is 0 Å². The summed E-state index contributed by atoms with van der Waals surface area (Å²) in [6.07, 6.45) is 10.2. The Kier molecular flexibility index (Phi) is 1.45. The molecule has 0 amide bonds. The van der Waals surface area contributed by atoms with Crippen molar-refractivity contribution >= 4 is 11.8 Å². The quantitative estimate of drug-likeness (QED) is 0.637. The molecule has 2 aliphatic rings. The van der Waals surface area contributed by atoms with Crippen LogP contribution in [0.1, 0.15) is 19.8 Å². The molecular weight excluding hydrogens is 156 g/mol. The lowest BCUT2D eigenvalue weighted by Crippen LogP contribution is -2.23. The average Bonchev–Trinajstić information content (AvgIpc) is 2.56. The fourth-order valence-electron chi connectivity index (χ4n) is 1.66. The summed E-state index contributed by atoms with van der Waals surface area (Å²) in [4.78, 5) is -0.558. The second-order valence-corrected chi connectivity index (χ2v) is 4.71. The summed E-state index contributed by atoms with van der Waals surface area (Å²) in [6, 6.07) is 0. The fourth-order valence-corrected chi connectivity index (χ4v) is 3.00. The molecule has 1 nitrogen and oxygen atoms in total. The summed E-state index contributed by atoms with van der Waals surface area (Å²) in [6.45, 7) is 2.15. The van der Waals surface area contributed by atoms with Gasteiger partial charge in [0.15, 0.2) is 0 Å². The van der Waals surface area contributed by atoms with Gasteiger partial charge in [0.2, 0.25) is 0 Å². The van der Waals surface area contributed by atoms with Crippen molar-refractivity contribution in [3.63, 3.8) is 0 Å². The zero-order valence-corrected chi connectivity index (χ0v) is 7.40. The first-order chi connectivity index (χ1) is 5.22. The van der Waals surface area contributed by atoms with Crippen molar-refractivity contribution in [2.45, 2.75) is 29.4 Å². The molecule has 0 spiro atoms. The first-order valence-electron chi connectivity index (χ1n) is 4.02. The highest BCUT2D eigenvalue weighted by Gasteiger charge is 2.65. The van der Waals surface area contributed by atoms with E-state index < -0.39 is 4.93 Å². The van der Waals surface area contributed by atoms with Gasteiger partial charge in [-0.25, -0.2) is 0 Å². The lowest BCUT2D eigenvalue weighted by atomic mass is 9.93. The predicted octanol–water partition coefficient (Wildman–Crippen LogP) is 2.09. The lowest BCUT2D eigenvalue weighted by Gasteiger charge is -2.13. The molecule has 2 unspecified atom stereocenters. The summed E-state index contributed by atoms with van der Waals surface area (Å²) in [5, 5.41) is 9.86. The second kappa shape index (κ2) is 2.14. The van der Waals surface area contributed by atoms with Crippen LogP contribution < -0.4 is 0 Å². The Hall–Kier alpha value is -0.210. The summed E-state index contributed by atoms with van der Waals surface area (Å²) >= 11 is 1.66. The van der Waals surface area contributed by atoms with Crippen LogP contribution in [0.15, 0.2) is 24.3 Å². The molecule has 0 bridgehead atoms. The van der Waals surface area contributed by atoms with Gasteiger partial charge in [-0.2, -0.15) is 0 Å². The molecule has 2 heteroatoms. The number of rotatable bonds is 2. The van der Waals surface area contributed by atoms with Crippen molar-refractivity contribution in [3.8, 4) is 0 Å². The SMILES string of the molecule is CCCC12C=CC=CC1(O)S2. The van der Waals surface area contributed by atoms with Crippen LogP contribution >= 0.6 is 11.8 Å². The number of aliphatic hydroxyl groups is 1. The normalized spacial score (nSPS) is 45.6. The van der Waals surface area contributed by atoms with Gasteiger partial charge < -0.3 is 5.11 Å². The van der Waals surface area contributed by atoms with E-state index in [1.807, 2.05) is 18.2 Å². The van der Waals surface area contributed by atoms with E-state index in [0.717, 1.165) is 12.8 Å². The average molecular weight is 168 g/mol. The van der Waals surface area contributed by atoms with Crippen LogP contribution in [-0.4, -0.2) is 14.8 Å². The fraction of sp³-hybridized carbons (Fsp3) is 0.556. The van der Waals surface area contributed by atoms with Crippen molar-refractivity contribution in [2.24, 2.45) is 0 Å². The second-order valence-electron chi connectivity index (χ2n) is 3.16. The number of allylic oxidation sites excluding steroid dienone is 2. The minimum atomic E-state index is -0.558. The van der Waals surface area contributed by atoms with E-state index in [4.69, 9.17) is 0 Å². The zero-order valence-electron chi connectivity index (χ0n) is 6.58. The maximum absolute atomic E-state index is 9.86. The van der Waals surface area contributed by atoms with Gasteiger partial charge in [0.25, 0.3) is 0 Å². The summed E-state index contributed by atoms with van der Waals surface area (Å²) in [5.74, 6) is 0. The van der Waals surface area contributed by atoms with Crippen molar-refractivity contribution in [2.75, 3.05) is 0 Å². The molecule has 60 valence electrons. The highest BCUT2D eigenvalue weighted by molar-refractivity contribution is 8.09. The van der Waals surface area contributed by atoms with E-state index >= 15 is 0 Å². The molecule has 1 heterocycles. The molecule has 1 N–H and O–H groups in total. The maximum Gasteiger partial charge on any atom is 0.148 e. The van der Waals surface area contributed by atoms with Crippen molar-refractivity contribution in [3.05, 3.63) is 24.3 Å². The Bertz CT molecular complexity index is 234. The minimum absolute atomic E-state index is 0.0382. The van der Waals surface area contributed by atoms with Crippen LogP contribution in [-0.2, 0) is 0 Å². The molecule has 1 saturated heterocycles. The third-order valence-electron chi connectivity index (χ3n) is 2.32. The van der Waals surface area contributed by atoms with Crippen molar-refractivity contribution in [1.82, 2.24) is 0 Å². The first kappa shape index (κ1) is 7.44. The molecule has 1 fully saturated rings. The van der Waals surface area contributed by atoms with Gasteiger partial charge in [-0.15, -0.1) is 11.8 Å². The van der Waals surface area contributed by atoms with Crippen molar-refractivity contribution in [1.29, 1.82) is 0 Å². The van der Waals surface area contributed by atoms with Gasteiger partial charge in [-0.05, 0) is 12.5 Å². The number of fused-ring (bicyclic) bond motifs is 1. The van der Waals surface area contributed by atoms with Crippen molar-refractivity contribution < 1.29 is 5.11 Å². The minimum Gasteiger partial charge on any atom is -0.374 e. The van der Waals surface area contributed by atoms with E-state index in [9.17, 15) is 5.11 Å². The van der Waals surface area contributed by atoms with Crippen LogP contribution in [0.3, 0.4) is 0 Å². The largest absolute Gasteiger partial charge is 0.374 e. The van der Waals surface area contributed by atoms with Gasteiger partial charge in [-0.1, -0.05) is 31.6 Å². The Balaban J connectivity index is 2.20. The van der Waals surface area contributed by atoms with Gasteiger partial charge in [0.1, 0.15) is 4.93 Å². The molecular formula is C9H12OS.